The van der Waals surface area contributed by atoms with E-state index in [1.165, 1.54) is 16.2 Å². The minimum absolute atomic E-state index is 0.00572. The smallest absolute Gasteiger partial charge is 0.279 e. The number of quaternary nitrogens is 1. The molecule has 34 heavy (non-hydrogen) atoms. The van der Waals surface area contributed by atoms with E-state index < -0.39 is 5.60 Å². The second-order valence-corrected chi connectivity index (χ2v) is 9.81. The molecule has 3 N–H and O–H groups in total. The van der Waals surface area contributed by atoms with Crippen LogP contribution in [0.5, 0.6) is 5.75 Å². The van der Waals surface area contributed by atoms with E-state index in [0.29, 0.717) is 6.54 Å². The number of benzene rings is 2. The number of carbonyl (C=O) groups excluding carboxylic acids is 1. The number of anilines is 2. The van der Waals surface area contributed by atoms with Gasteiger partial charge in [-0.05, 0) is 63.1 Å². The first-order valence-electron chi connectivity index (χ1n) is 12.8. The zero-order valence-electron chi connectivity index (χ0n) is 20.8. The summed E-state index contributed by atoms with van der Waals surface area (Å²) in [7, 11) is 1.63. The summed E-state index contributed by atoms with van der Waals surface area (Å²) in [5.74, 6) is 0.953. The highest BCUT2D eigenvalue weighted by atomic mass is 16.5. The normalized spacial score (nSPS) is 26.4. The first-order valence-corrected chi connectivity index (χ1v) is 12.8. The monoisotopic (exact) mass is 466 g/mol. The largest absolute Gasteiger partial charge is 0.497 e. The van der Waals surface area contributed by atoms with Crippen LogP contribution in [-0.2, 0) is 4.79 Å². The van der Waals surface area contributed by atoms with Gasteiger partial charge in [0.05, 0.1) is 19.3 Å². The highest BCUT2D eigenvalue weighted by Crippen LogP contribution is 2.44. The van der Waals surface area contributed by atoms with Crippen LogP contribution in [0.25, 0.3) is 0 Å². The maximum Gasteiger partial charge on any atom is 0.279 e. The fraction of sp³-hybridized carbons (Fsp3) is 0.536. The van der Waals surface area contributed by atoms with E-state index in [9.17, 15) is 9.90 Å². The van der Waals surface area contributed by atoms with E-state index >= 15 is 0 Å². The standard InChI is InChI=1S/C28H39N3O3/c1-4-30(5-2)23-13-9-21(10-14-23)27-25-8-6-7-17-28(25,33)18-19-31(27)20-26(32)29-22-11-15-24(34-3)16-12-22/h9-16,25,27,33H,4-8,17-20H2,1-3H3,(H,29,32)/p+1/t25-,27-,28-/m0/s1. The van der Waals surface area contributed by atoms with E-state index in [4.69, 9.17) is 4.74 Å². The van der Waals surface area contributed by atoms with Gasteiger partial charge in [-0.2, -0.15) is 0 Å². The van der Waals surface area contributed by atoms with Gasteiger partial charge in [0, 0.05) is 42.4 Å². The average Bonchev–Trinajstić information content (AvgIpc) is 2.86. The third kappa shape index (κ3) is 5.23. The van der Waals surface area contributed by atoms with Crippen LogP contribution in [0.2, 0.25) is 0 Å². The van der Waals surface area contributed by atoms with Gasteiger partial charge in [-0.3, -0.25) is 4.79 Å². The van der Waals surface area contributed by atoms with Crippen LogP contribution >= 0.6 is 0 Å². The van der Waals surface area contributed by atoms with Gasteiger partial charge in [0.1, 0.15) is 11.8 Å². The molecule has 1 aliphatic carbocycles. The fourth-order valence-corrected chi connectivity index (χ4v) is 6.09. The van der Waals surface area contributed by atoms with Crippen molar-refractivity contribution < 1.29 is 19.5 Å². The number of hydrogen-bond acceptors (Lipinski definition) is 4. The van der Waals surface area contributed by atoms with Crippen LogP contribution in [0, 0.1) is 5.92 Å². The van der Waals surface area contributed by atoms with Gasteiger partial charge in [0.15, 0.2) is 6.54 Å². The molecule has 4 rings (SSSR count). The molecule has 6 heteroatoms. The summed E-state index contributed by atoms with van der Waals surface area (Å²) >= 11 is 0. The molecule has 0 spiro atoms. The lowest BCUT2D eigenvalue weighted by Crippen LogP contribution is -3.16. The number of amides is 1. The zero-order valence-corrected chi connectivity index (χ0v) is 20.8. The van der Waals surface area contributed by atoms with Crippen LogP contribution < -0.4 is 19.9 Å². The molecule has 1 aliphatic heterocycles. The summed E-state index contributed by atoms with van der Waals surface area (Å²) < 4.78 is 5.21. The Bertz CT molecular complexity index is 942. The Morgan fingerprint density at radius 1 is 1.09 bits per heavy atom. The third-order valence-electron chi connectivity index (χ3n) is 7.93. The van der Waals surface area contributed by atoms with Crippen molar-refractivity contribution in [2.45, 2.75) is 57.6 Å². The lowest BCUT2D eigenvalue weighted by atomic mass is 9.66. The van der Waals surface area contributed by atoms with Crippen LogP contribution in [0.4, 0.5) is 11.4 Å². The van der Waals surface area contributed by atoms with Crippen molar-refractivity contribution >= 4 is 17.3 Å². The number of fused-ring (bicyclic) bond motifs is 1. The second-order valence-electron chi connectivity index (χ2n) is 9.81. The molecule has 1 amide bonds. The lowest BCUT2D eigenvalue weighted by molar-refractivity contribution is -0.937. The molecular weight excluding hydrogens is 426 g/mol. The highest BCUT2D eigenvalue weighted by molar-refractivity contribution is 5.91. The van der Waals surface area contributed by atoms with Gasteiger partial charge in [0.2, 0.25) is 0 Å². The molecule has 1 saturated heterocycles. The minimum atomic E-state index is -0.615. The predicted molar refractivity (Wildman–Crippen MR) is 137 cm³/mol. The van der Waals surface area contributed by atoms with E-state index in [1.54, 1.807) is 7.11 Å². The van der Waals surface area contributed by atoms with Crippen molar-refractivity contribution in [1.29, 1.82) is 0 Å². The maximum atomic E-state index is 13.0. The third-order valence-corrected chi connectivity index (χ3v) is 7.93. The Kier molecular flexibility index (Phi) is 7.79. The summed E-state index contributed by atoms with van der Waals surface area (Å²) in [6.45, 7) is 7.49. The van der Waals surface area contributed by atoms with Crippen LogP contribution in [0.15, 0.2) is 48.5 Å². The summed E-state index contributed by atoms with van der Waals surface area (Å²) in [6, 6.07) is 16.4. The van der Waals surface area contributed by atoms with E-state index in [2.05, 4.69) is 48.3 Å². The number of nitrogens with zero attached hydrogens (tertiary/aromatic N) is 1. The number of nitrogens with one attached hydrogen (secondary N) is 2. The Hall–Kier alpha value is -2.57. The van der Waals surface area contributed by atoms with Crippen molar-refractivity contribution in [3.63, 3.8) is 0 Å². The number of rotatable bonds is 8. The number of piperidine rings is 1. The second kappa shape index (κ2) is 10.8. The van der Waals surface area contributed by atoms with Gasteiger partial charge < -0.3 is 25.0 Å². The van der Waals surface area contributed by atoms with Crippen molar-refractivity contribution in [3.8, 4) is 5.75 Å². The van der Waals surface area contributed by atoms with E-state index in [0.717, 1.165) is 63.2 Å². The molecule has 2 aromatic rings. The molecule has 2 aliphatic rings. The maximum absolute atomic E-state index is 13.0. The number of methoxy groups -OCH3 is 1. The Balaban J connectivity index is 1.55. The first kappa shape index (κ1) is 24.6. The Morgan fingerprint density at radius 3 is 2.44 bits per heavy atom. The fourth-order valence-electron chi connectivity index (χ4n) is 6.09. The van der Waals surface area contributed by atoms with Gasteiger partial charge in [-0.15, -0.1) is 0 Å². The molecule has 1 saturated carbocycles. The molecule has 0 aromatic heterocycles. The molecule has 2 fully saturated rings. The topological polar surface area (TPSA) is 66.2 Å². The Morgan fingerprint density at radius 2 is 1.79 bits per heavy atom. The molecule has 4 atom stereocenters. The van der Waals surface area contributed by atoms with Crippen molar-refractivity contribution in [2.75, 3.05) is 43.5 Å². The molecule has 6 nitrogen and oxygen atoms in total. The highest BCUT2D eigenvalue weighted by Gasteiger charge is 2.51. The summed E-state index contributed by atoms with van der Waals surface area (Å²) in [5, 5.41) is 14.6. The summed E-state index contributed by atoms with van der Waals surface area (Å²) in [4.78, 5) is 16.6. The number of carbonyl (C=O) groups is 1. The quantitative estimate of drug-likeness (QED) is 0.558. The van der Waals surface area contributed by atoms with Gasteiger partial charge in [-0.1, -0.05) is 25.0 Å². The molecule has 0 radical (unpaired) electrons. The summed E-state index contributed by atoms with van der Waals surface area (Å²) in [6.07, 6.45) is 4.89. The number of aliphatic hydroxyl groups is 1. The van der Waals surface area contributed by atoms with Crippen LogP contribution in [0.3, 0.4) is 0 Å². The number of ether oxygens (including phenoxy) is 1. The molecule has 1 heterocycles. The molecule has 184 valence electrons. The van der Waals surface area contributed by atoms with E-state index in [1.807, 2.05) is 24.3 Å². The van der Waals surface area contributed by atoms with Gasteiger partial charge in [-0.25, -0.2) is 0 Å². The summed E-state index contributed by atoms with van der Waals surface area (Å²) in [5.41, 5.74) is 2.61. The van der Waals surface area contributed by atoms with Gasteiger partial charge in [0.25, 0.3) is 5.91 Å². The van der Waals surface area contributed by atoms with Gasteiger partial charge >= 0.3 is 0 Å². The minimum Gasteiger partial charge on any atom is -0.497 e. The molecule has 2 aromatic carbocycles. The van der Waals surface area contributed by atoms with Crippen molar-refractivity contribution in [1.82, 2.24) is 0 Å². The average molecular weight is 467 g/mol. The number of hydrogen-bond donors (Lipinski definition) is 3. The number of likely N-dealkylation sites (tertiary alicyclic amines) is 1. The van der Waals surface area contributed by atoms with E-state index in [-0.39, 0.29) is 17.9 Å². The molecule has 1 unspecified atom stereocenters. The van der Waals surface area contributed by atoms with Crippen LogP contribution in [-0.4, -0.2) is 49.9 Å². The van der Waals surface area contributed by atoms with Crippen molar-refractivity contribution in [2.24, 2.45) is 5.92 Å². The Labute approximate surface area is 203 Å². The lowest BCUT2D eigenvalue weighted by Gasteiger charge is -2.50. The SMILES string of the molecule is CCN(CC)c1ccc([C@H]2[C@@H]3CCCC[C@]3(O)CC[NH+]2CC(=O)Nc2ccc(OC)cc2)cc1. The molecule has 0 bridgehead atoms. The predicted octanol–water partition coefficient (Wildman–Crippen LogP) is 3.43. The van der Waals surface area contributed by atoms with Crippen molar-refractivity contribution in [3.05, 3.63) is 54.1 Å². The first-order chi connectivity index (χ1) is 16.5. The van der Waals surface area contributed by atoms with Crippen LogP contribution in [0.1, 0.15) is 57.6 Å². The zero-order chi connectivity index (χ0) is 24.1. The molecular formula is C28H40N3O3+.